The van der Waals surface area contributed by atoms with E-state index in [0.717, 1.165) is 48.3 Å². The maximum Gasteiger partial charge on any atom is 0.308 e. The molecule has 0 amide bonds. The van der Waals surface area contributed by atoms with Crippen molar-refractivity contribution in [3.63, 3.8) is 0 Å². The smallest absolute Gasteiger partial charge is 0.308 e. The second-order valence-corrected chi connectivity index (χ2v) is 7.45. The summed E-state index contributed by atoms with van der Waals surface area (Å²) >= 11 is 1.92. The van der Waals surface area contributed by atoms with E-state index in [1.807, 2.05) is 60.3 Å². The van der Waals surface area contributed by atoms with Crippen molar-refractivity contribution in [2.75, 3.05) is 11.5 Å². The number of hydrogen-bond donors (Lipinski definition) is 0. The molecular formula is C22H26O4S. The second-order valence-electron chi connectivity index (χ2n) is 6.22. The molecule has 0 aromatic heterocycles. The highest BCUT2D eigenvalue weighted by atomic mass is 32.2. The monoisotopic (exact) mass is 386 g/mol. The van der Waals surface area contributed by atoms with E-state index in [-0.39, 0.29) is 11.9 Å². The maximum absolute atomic E-state index is 11.2. The summed E-state index contributed by atoms with van der Waals surface area (Å²) in [7, 11) is 0. The van der Waals surface area contributed by atoms with Crippen molar-refractivity contribution in [3.05, 3.63) is 59.7 Å². The van der Waals surface area contributed by atoms with Gasteiger partial charge in [-0.2, -0.15) is 11.8 Å². The van der Waals surface area contributed by atoms with E-state index in [1.165, 1.54) is 13.8 Å². The lowest BCUT2D eigenvalue weighted by Gasteiger charge is -2.09. The molecule has 4 nitrogen and oxygen atoms in total. The summed E-state index contributed by atoms with van der Waals surface area (Å²) in [5.74, 6) is 2.87. The van der Waals surface area contributed by atoms with E-state index >= 15 is 0 Å². The van der Waals surface area contributed by atoms with Crippen LogP contribution in [0.4, 0.5) is 0 Å². The van der Waals surface area contributed by atoms with Gasteiger partial charge in [-0.1, -0.05) is 36.4 Å². The Hall–Kier alpha value is -2.27. The summed E-state index contributed by atoms with van der Waals surface area (Å²) in [6.07, 6.45) is 3.86. The summed E-state index contributed by atoms with van der Waals surface area (Å²) in [5, 5.41) is 0. The fourth-order valence-electron chi connectivity index (χ4n) is 2.76. The Morgan fingerprint density at radius 3 is 1.56 bits per heavy atom. The highest BCUT2D eigenvalue weighted by Gasteiger charge is 2.06. The lowest BCUT2D eigenvalue weighted by atomic mass is 10.1. The molecular weight excluding hydrogens is 360 g/mol. The van der Waals surface area contributed by atoms with Gasteiger partial charge in [0.2, 0.25) is 0 Å². The van der Waals surface area contributed by atoms with Gasteiger partial charge in [0.15, 0.2) is 0 Å². The lowest BCUT2D eigenvalue weighted by molar-refractivity contribution is -0.132. The van der Waals surface area contributed by atoms with Crippen LogP contribution in [0, 0.1) is 0 Å². The summed E-state index contributed by atoms with van der Waals surface area (Å²) in [4.78, 5) is 22.3. The third-order valence-electron chi connectivity index (χ3n) is 3.92. The molecule has 0 unspecified atom stereocenters. The Balaban J connectivity index is 1.67. The van der Waals surface area contributed by atoms with Crippen LogP contribution in [0.5, 0.6) is 11.5 Å². The number of aryl methyl sites for hydroxylation is 2. The number of esters is 2. The van der Waals surface area contributed by atoms with Crippen LogP contribution < -0.4 is 9.47 Å². The molecule has 0 heterocycles. The van der Waals surface area contributed by atoms with Gasteiger partial charge in [0.05, 0.1) is 0 Å². The molecule has 144 valence electrons. The fourth-order valence-corrected chi connectivity index (χ4v) is 3.66. The van der Waals surface area contributed by atoms with Gasteiger partial charge in [0.1, 0.15) is 11.5 Å². The van der Waals surface area contributed by atoms with E-state index in [1.54, 1.807) is 0 Å². The molecule has 0 aliphatic carbocycles. The van der Waals surface area contributed by atoms with Gasteiger partial charge in [0.25, 0.3) is 0 Å². The van der Waals surface area contributed by atoms with Crippen molar-refractivity contribution in [1.29, 1.82) is 0 Å². The first-order chi connectivity index (χ1) is 13.1. The molecule has 5 heteroatoms. The topological polar surface area (TPSA) is 52.6 Å². The minimum Gasteiger partial charge on any atom is -0.426 e. The molecule has 2 aromatic rings. The third kappa shape index (κ3) is 7.87. The third-order valence-corrected chi connectivity index (χ3v) is 5.08. The first-order valence-corrected chi connectivity index (χ1v) is 10.3. The van der Waals surface area contributed by atoms with E-state index in [4.69, 9.17) is 9.47 Å². The van der Waals surface area contributed by atoms with Gasteiger partial charge in [-0.25, -0.2) is 0 Å². The average molecular weight is 387 g/mol. The molecule has 2 rings (SSSR count). The average Bonchev–Trinajstić information content (AvgIpc) is 2.62. The van der Waals surface area contributed by atoms with Gasteiger partial charge in [-0.05, 0) is 60.4 Å². The summed E-state index contributed by atoms with van der Waals surface area (Å²) in [6.45, 7) is 2.85. The molecule has 0 aliphatic heterocycles. The predicted octanol–water partition coefficient (Wildman–Crippen LogP) is 4.84. The largest absolute Gasteiger partial charge is 0.426 e. The maximum atomic E-state index is 11.2. The van der Waals surface area contributed by atoms with E-state index in [9.17, 15) is 9.59 Å². The molecule has 0 aliphatic rings. The second kappa shape index (κ2) is 11.4. The molecule has 27 heavy (non-hydrogen) atoms. The van der Waals surface area contributed by atoms with Crippen LogP contribution in [-0.4, -0.2) is 23.4 Å². The van der Waals surface area contributed by atoms with Crippen molar-refractivity contribution in [3.8, 4) is 11.5 Å². The number of rotatable bonds is 10. The molecule has 2 aromatic carbocycles. The van der Waals surface area contributed by atoms with Crippen LogP contribution >= 0.6 is 11.8 Å². The predicted molar refractivity (Wildman–Crippen MR) is 109 cm³/mol. The zero-order valence-electron chi connectivity index (χ0n) is 15.9. The van der Waals surface area contributed by atoms with Crippen LogP contribution in [-0.2, 0) is 22.4 Å². The first kappa shape index (κ1) is 21.0. The zero-order chi connectivity index (χ0) is 19.5. The Labute approximate surface area is 165 Å². The molecule has 0 spiro atoms. The Bertz CT molecular complexity index is 694. The van der Waals surface area contributed by atoms with E-state index in [2.05, 4.69) is 0 Å². The van der Waals surface area contributed by atoms with Crippen LogP contribution in [0.15, 0.2) is 48.5 Å². The quantitative estimate of drug-likeness (QED) is 0.332. The van der Waals surface area contributed by atoms with Crippen LogP contribution in [0.25, 0.3) is 0 Å². The Morgan fingerprint density at radius 1 is 0.741 bits per heavy atom. The van der Waals surface area contributed by atoms with E-state index < -0.39 is 0 Å². The number of ether oxygens (including phenoxy) is 2. The highest BCUT2D eigenvalue weighted by molar-refractivity contribution is 7.99. The van der Waals surface area contributed by atoms with Gasteiger partial charge < -0.3 is 9.47 Å². The number of carbonyl (C=O) groups is 2. The van der Waals surface area contributed by atoms with Crippen molar-refractivity contribution in [2.45, 2.75) is 39.5 Å². The van der Waals surface area contributed by atoms with Crippen molar-refractivity contribution in [1.82, 2.24) is 0 Å². The normalized spacial score (nSPS) is 10.4. The molecule has 0 N–H and O–H groups in total. The van der Waals surface area contributed by atoms with Crippen LogP contribution in [0.2, 0.25) is 0 Å². The molecule has 0 atom stereocenters. The van der Waals surface area contributed by atoms with Gasteiger partial charge in [-0.3, -0.25) is 9.59 Å². The van der Waals surface area contributed by atoms with E-state index in [0.29, 0.717) is 11.5 Å². The van der Waals surface area contributed by atoms with Crippen molar-refractivity contribution < 1.29 is 19.1 Å². The first-order valence-electron chi connectivity index (χ1n) is 9.16. The van der Waals surface area contributed by atoms with Gasteiger partial charge in [-0.15, -0.1) is 0 Å². The lowest BCUT2D eigenvalue weighted by Crippen LogP contribution is -2.04. The van der Waals surface area contributed by atoms with Crippen molar-refractivity contribution in [2.24, 2.45) is 0 Å². The number of hydrogen-bond acceptors (Lipinski definition) is 5. The minimum absolute atomic E-state index is 0.286. The molecule has 0 saturated carbocycles. The van der Waals surface area contributed by atoms with Gasteiger partial charge in [0, 0.05) is 13.8 Å². The molecule has 0 bridgehead atoms. The summed E-state index contributed by atoms with van der Waals surface area (Å²) in [6, 6.07) is 15.4. The number of para-hydroxylation sites is 2. The van der Waals surface area contributed by atoms with Crippen LogP contribution in [0.1, 0.15) is 37.8 Å². The Morgan fingerprint density at radius 2 is 1.15 bits per heavy atom. The Kier molecular flexibility index (Phi) is 8.92. The molecule has 0 saturated heterocycles. The fraction of sp³-hybridized carbons (Fsp3) is 0.364. The van der Waals surface area contributed by atoms with Crippen LogP contribution in [0.3, 0.4) is 0 Å². The number of thioether (sulfide) groups is 1. The number of benzene rings is 2. The SMILES string of the molecule is CC(=O)Oc1ccccc1CCCSCCCc1ccccc1OC(C)=O. The summed E-state index contributed by atoms with van der Waals surface area (Å²) < 4.78 is 10.5. The molecule has 0 fully saturated rings. The minimum atomic E-state index is -0.286. The van der Waals surface area contributed by atoms with Gasteiger partial charge >= 0.3 is 11.9 Å². The van der Waals surface area contributed by atoms with Crippen molar-refractivity contribution >= 4 is 23.7 Å². The molecule has 0 radical (unpaired) electrons. The number of carbonyl (C=O) groups excluding carboxylic acids is 2. The highest BCUT2D eigenvalue weighted by Crippen LogP contribution is 2.22. The zero-order valence-corrected chi connectivity index (χ0v) is 16.7. The standard InChI is InChI=1S/C22H26O4S/c1-17(23)25-21-13-5-3-9-19(21)11-7-15-27-16-8-12-20-10-4-6-14-22(20)26-18(2)24/h3-6,9-10,13-14H,7-8,11-12,15-16H2,1-2H3. The summed E-state index contributed by atoms with van der Waals surface area (Å²) in [5.41, 5.74) is 2.15.